The van der Waals surface area contributed by atoms with Crippen LogP contribution in [-0.2, 0) is 16.6 Å². The van der Waals surface area contributed by atoms with Crippen molar-refractivity contribution in [3.63, 3.8) is 0 Å². The number of nitrogens with one attached hydrogen (secondary N) is 1. The minimum Gasteiger partial charge on any atom is -0.388 e. The fourth-order valence-electron chi connectivity index (χ4n) is 1.75. The molecule has 21 heavy (non-hydrogen) atoms. The number of rotatable bonds is 5. The van der Waals surface area contributed by atoms with Gasteiger partial charge in [0.2, 0.25) is 10.0 Å². The van der Waals surface area contributed by atoms with Crippen LogP contribution in [0.3, 0.4) is 0 Å². The lowest BCUT2D eigenvalue weighted by Crippen LogP contribution is -2.24. The van der Waals surface area contributed by atoms with Gasteiger partial charge in [-0.25, -0.2) is 13.1 Å². The van der Waals surface area contributed by atoms with Crippen molar-refractivity contribution < 1.29 is 8.42 Å². The van der Waals surface area contributed by atoms with Gasteiger partial charge in [0.05, 0.1) is 5.69 Å². The van der Waals surface area contributed by atoms with Crippen molar-refractivity contribution >= 4 is 27.2 Å². The maximum absolute atomic E-state index is 12.2. The zero-order chi connectivity index (χ0) is 15.5. The van der Waals surface area contributed by atoms with Gasteiger partial charge in [-0.3, -0.25) is 4.98 Å². The van der Waals surface area contributed by atoms with E-state index in [9.17, 15) is 8.42 Å². The van der Waals surface area contributed by atoms with Gasteiger partial charge in [-0.15, -0.1) is 0 Å². The number of nitrogens with zero attached hydrogens (tertiary/aromatic N) is 1. The second kappa shape index (κ2) is 6.30. The first-order valence-corrected chi connectivity index (χ1v) is 8.09. The summed E-state index contributed by atoms with van der Waals surface area (Å²) in [5.74, 6) is 0. The molecule has 2 aromatic rings. The Labute approximate surface area is 129 Å². The molecule has 0 amide bonds. The summed E-state index contributed by atoms with van der Waals surface area (Å²) in [6.45, 7) is 2.16. The molecule has 0 saturated carbocycles. The minimum atomic E-state index is -3.61. The highest BCUT2D eigenvalue weighted by Gasteiger charge is 2.14. The van der Waals surface area contributed by atoms with Crippen molar-refractivity contribution in [3.05, 3.63) is 59.4 Å². The molecule has 1 heterocycles. The van der Waals surface area contributed by atoms with Crippen molar-refractivity contribution in [1.29, 1.82) is 0 Å². The van der Waals surface area contributed by atoms with E-state index in [1.54, 1.807) is 0 Å². The van der Waals surface area contributed by atoms with E-state index in [1.807, 2.05) is 31.2 Å². The Hall–Kier alpha value is -1.83. The topological polar surface area (TPSA) is 85.1 Å². The highest BCUT2D eigenvalue weighted by molar-refractivity contribution is 7.89. The van der Waals surface area contributed by atoms with Crippen molar-refractivity contribution in [2.45, 2.75) is 18.4 Å². The van der Waals surface area contributed by atoms with Gasteiger partial charge in [-0.05, 0) is 30.2 Å². The van der Waals surface area contributed by atoms with Gasteiger partial charge >= 0.3 is 0 Å². The zero-order valence-corrected chi connectivity index (χ0v) is 13.0. The number of pyridine rings is 1. The summed E-state index contributed by atoms with van der Waals surface area (Å²) in [6, 6.07) is 10.5. The van der Waals surface area contributed by atoms with Crippen LogP contribution in [0.2, 0.25) is 0 Å². The first-order chi connectivity index (χ1) is 9.90. The summed E-state index contributed by atoms with van der Waals surface area (Å²) < 4.78 is 26.9. The van der Waals surface area contributed by atoms with Crippen LogP contribution in [0.5, 0.6) is 0 Å². The quantitative estimate of drug-likeness (QED) is 0.815. The Kier molecular flexibility index (Phi) is 4.66. The highest BCUT2D eigenvalue weighted by Crippen LogP contribution is 2.11. The van der Waals surface area contributed by atoms with E-state index >= 15 is 0 Å². The summed E-state index contributed by atoms with van der Waals surface area (Å²) in [5, 5.41) is 0. The molecule has 7 heteroatoms. The SMILES string of the molecule is Cc1ccccc1CNS(=O)(=O)c1ccc(C(N)=S)nc1. The second-order valence-corrected chi connectivity index (χ2v) is 6.70. The van der Waals surface area contributed by atoms with Gasteiger partial charge in [0.25, 0.3) is 0 Å². The van der Waals surface area contributed by atoms with Gasteiger partial charge in [0.1, 0.15) is 9.88 Å². The molecule has 3 N–H and O–H groups in total. The number of sulfonamides is 1. The van der Waals surface area contributed by atoms with Crippen LogP contribution in [0.1, 0.15) is 16.8 Å². The third kappa shape index (κ3) is 3.84. The molecular weight excluding hydrogens is 306 g/mol. The standard InChI is InChI=1S/C14H15N3O2S2/c1-10-4-2-3-5-11(10)8-17-21(18,19)12-6-7-13(14(15)20)16-9-12/h2-7,9,17H,8H2,1H3,(H2,15,20). The summed E-state index contributed by atoms with van der Waals surface area (Å²) >= 11 is 4.78. The second-order valence-electron chi connectivity index (χ2n) is 4.49. The first-order valence-electron chi connectivity index (χ1n) is 6.20. The molecule has 1 aromatic carbocycles. The maximum Gasteiger partial charge on any atom is 0.242 e. The number of aromatic nitrogens is 1. The molecule has 2 rings (SSSR count). The van der Waals surface area contributed by atoms with E-state index < -0.39 is 10.0 Å². The van der Waals surface area contributed by atoms with Crippen molar-refractivity contribution in [2.24, 2.45) is 5.73 Å². The number of nitrogens with two attached hydrogens (primary N) is 1. The summed E-state index contributed by atoms with van der Waals surface area (Å²) in [6.07, 6.45) is 1.24. The molecule has 0 spiro atoms. The molecule has 5 nitrogen and oxygen atoms in total. The first kappa shape index (κ1) is 15.6. The zero-order valence-electron chi connectivity index (χ0n) is 11.4. The van der Waals surface area contributed by atoms with E-state index in [1.165, 1.54) is 18.3 Å². The summed E-state index contributed by atoms with van der Waals surface area (Å²) in [4.78, 5) is 4.14. The molecule has 0 radical (unpaired) electrons. The molecule has 110 valence electrons. The van der Waals surface area contributed by atoms with Crippen molar-refractivity contribution in [2.75, 3.05) is 0 Å². The van der Waals surface area contributed by atoms with Gasteiger partial charge in [0, 0.05) is 12.7 Å². The van der Waals surface area contributed by atoms with E-state index in [0.717, 1.165) is 11.1 Å². The van der Waals surface area contributed by atoms with Crippen LogP contribution in [0.4, 0.5) is 0 Å². The van der Waals surface area contributed by atoms with Gasteiger partial charge in [-0.1, -0.05) is 36.5 Å². The fraction of sp³-hybridized carbons (Fsp3) is 0.143. The number of benzene rings is 1. The number of hydrogen-bond donors (Lipinski definition) is 2. The van der Waals surface area contributed by atoms with Crippen LogP contribution in [0.15, 0.2) is 47.5 Å². The molecule has 0 aliphatic heterocycles. The molecule has 0 aliphatic rings. The number of hydrogen-bond acceptors (Lipinski definition) is 4. The van der Waals surface area contributed by atoms with Crippen LogP contribution < -0.4 is 10.5 Å². The molecular formula is C14H15N3O2S2. The number of thiocarbonyl (C=S) groups is 1. The summed E-state index contributed by atoms with van der Waals surface area (Å²) in [7, 11) is -3.61. The Morgan fingerprint density at radius 2 is 2.00 bits per heavy atom. The fourth-order valence-corrected chi connectivity index (χ4v) is 2.82. The van der Waals surface area contributed by atoms with Gasteiger partial charge in [0.15, 0.2) is 0 Å². The smallest absolute Gasteiger partial charge is 0.242 e. The van der Waals surface area contributed by atoms with Crippen LogP contribution in [-0.4, -0.2) is 18.4 Å². The Bertz CT molecular complexity index is 756. The average Bonchev–Trinajstić information content (AvgIpc) is 2.46. The van der Waals surface area contributed by atoms with Gasteiger partial charge in [-0.2, -0.15) is 0 Å². The maximum atomic E-state index is 12.2. The lowest BCUT2D eigenvalue weighted by atomic mass is 10.1. The highest BCUT2D eigenvalue weighted by atomic mass is 32.2. The minimum absolute atomic E-state index is 0.0797. The third-order valence-corrected chi connectivity index (χ3v) is 4.61. The molecule has 0 saturated heterocycles. The van der Waals surface area contributed by atoms with Crippen molar-refractivity contribution in [3.8, 4) is 0 Å². The third-order valence-electron chi connectivity index (χ3n) is 3.01. The molecule has 0 unspecified atom stereocenters. The molecule has 0 bridgehead atoms. The van der Waals surface area contributed by atoms with E-state index in [4.69, 9.17) is 18.0 Å². The monoisotopic (exact) mass is 321 g/mol. The largest absolute Gasteiger partial charge is 0.388 e. The van der Waals surface area contributed by atoms with E-state index in [-0.39, 0.29) is 16.4 Å². The Morgan fingerprint density at radius 1 is 1.29 bits per heavy atom. The van der Waals surface area contributed by atoms with E-state index in [0.29, 0.717) is 5.69 Å². The average molecular weight is 321 g/mol. The molecule has 0 fully saturated rings. The molecule has 1 aromatic heterocycles. The summed E-state index contributed by atoms with van der Waals surface area (Å²) in [5.41, 5.74) is 7.77. The lowest BCUT2D eigenvalue weighted by molar-refractivity contribution is 0.580. The van der Waals surface area contributed by atoms with Crippen LogP contribution in [0, 0.1) is 6.92 Å². The Morgan fingerprint density at radius 3 is 2.57 bits per heavy atom. The number of aryl methyl sites for hydroxylation is 1. The predicted molar refractivity (Wildman–Crippen MR) is 85.3 cm³/mol. The molecule has 0 aliphatic carbocycles. The van der Waals surface area contributed by atoms with Crippen LogP contribution in [0.25, 0.3) is 0 Å². The van der Waals surface area contributed by atoms with Gasteiger partial charge < -0.3 is 5.73 Å². The molecule has 0 atom stereocenters. The van der Waals surface area contributed by atoms with Crippen molar-refractivity contribution in [1.82, 2.24) is 9.71 Å². The Balaban J connectivity index is 2.15. The predicted octanol–water partition coefficient (Wildman–Crippen LogP) is 1.50. The van der Waals surface area contributed by atoms with Crippen LogP contribution >= 0.6 is 12.2 Å². The normalized spacial score (nSPS) is 11.3. The van der Waals surface area contributed by atoms with E-state index in [2.05, 4.69) is 9.71 Å². The lowest BCUT2D eigenvalue weighted by Gasteiger charge is -2.09.